The number of carbonyl (C=O) groups excluding carboxylic acids is 2. The summed E-state index contributed by atoms with van der Waals surface area (Å²) in [5.74, 6) is -0.258. The molecule has 1 N–H and O–H groups in total. The lowest BCUT2D eigenvalue weighted by Gasteiger charge is -2.31. The number of aryl methyl sites for hydroxylation is 1. The summed E-state index contributed by atoms with van der Waals surface area (Å²) in [5.41, 5.74) is 1.38. The first-order valence-electron chi connectivity index (χ1n) is 9.09. The van der Waals surface area contributed by atoms with Gasteiger partial charge in [-0.1, -0.05) is 17.3 Å². The normalized spacial score (nSPS) is 18.7. The van der Waals surface area contributed by atoms with Crippen LogP contribution in [0.2, 0.25) is 0 Å². The summed E-state index contributed by atoms with van der Waals surface area (Å²) in [7, 11) is 0. The maximum Gasteiger partial charge on any atom is 0.276 e. The van der Waals surface area contributed by atoms with Crippen LogP contribution in [0.25, 0.3) is 0 Å². The van der Waals surface area contributed by atoms with E-state index in [0.29, 0.717) is 5.69 Å². The van der Waals surface area contributed by atoms with Gasteiger partial charge in [0.25, 0.3) is 5.91 Å². The number of amides is 2. The minimum absolute atomic E-state index is 0.0640. The molecule has 2 fully saturated rings. The van der Waals surface area contributed by atoms with Gasteiger partial charge in [0, 0.05) is 22.3 Å². The van der Waals surface area contributed by atoms with Crippen molar-refractivity contribution in [3.63, 3.8) is 0 Å². The third-order valence-corrected chi connectivity index (χ3v) is 6.71. The Balaban J connectivity index is 1.67. The molecule has 2 amide bonds. The smallest absolute Gasteiger partial charge is 0.276 e. The fourth-order valence-corrected chi connectivity index (χ4v) is 5.08. The van der Waals surface area contributed by atoms with Crippen LogP contribution in [0.3, 0.4) is 0 Å². The first-order chi connectivity index (χ1) is 12.6. The van der Waals surface area contributed by atoms with Gasteiger partial charge in [-0.05, 0) is 61.1 Å². The van der Waals surface area contributed by atoms with E-state index in [9.17, 15) is 9.59 Å². The number of thiophene rings is 1. The number of carbonyl (C=O) groups is 2. The Morgan fingerprint density at radius 1 is 1.27 bits per heavy atom. The molecule has 6 nitrogen and oxygen atoms in total. The summed E-state index contributed by atoms with van der Waals surface area (Å²) >= 11 is 2.70. The number of hydrogen-bond donors (Lipinski definition) is 1. The van der Waals surface area contributed by atoms with E-state index in [1.165, 1.54) is 0 Å². The zero-order valence-electron chi connectivity index (χ0n) is 14.7. The SMILES string of the molecule is Cc1ccsc1[C@H](C(=O)NC1CCCC1)N(C(=O)c1csnn1)C1CC1. The summed E-state index contributed by atoms with van der Waals surface area (Å²) in [6.45, 7) is 2.00. The molecule has 138 valence electrons. The molecular formula is C18H22N4O2S2. The quantitative estimate of drug-likeness (QED) is 0.821. The van der Waals surface area contributed by atoms with Gasteiger partial charge in [-0.2, -0.15) is 0 Å². The molecule has 0 aromatic carbocycles. The fourth-order valence-electron chi connectivity index (χ4n) is 3.62. The van der Waals surface area contributed by atoms with Crippen molar-refractivity contribution in [3.05, 3.63) is 33.0 Å². The minimum Gasteiger partial charge on any atom is -0.351 e. The minimum atomic E-state index is -0.586. The van der Waals surface area contributed by atoms with Crippen LogP contribution in [0.4, 0.5) is 0 Å². The second-order valence-electron chi connectivity index (χ2n) is 7.09. The molecule has 2 aromatic heterocycles. The summed E-state index contributed by atoms with van der Waals surface area (Å²) in [4.78, 5) is 29.1. The monoisotopic (exact) mass is 390 g/mol. The number of aromatic nitrogens is 2. The average molecular weight is 391 g/mol. The molecule has 0 aliphatic heterocycles. The molecule has 0 saturated heterocycles. The van der Waals surface area contributed by atoms with Crippen LogP contribution in [-0.2, 0) is 4.79 Å². The number of hydrogen-bond acceptors (Lipinski definition) is 6. The summed E-state index contributed by atoms with van der Waals surface area (Å²) in [5, 5.41) is 10.8. The lowest BCUT2D eigenvalue weighted by molar-refractivity contribution is -0.126. The van der Waals surface area contributed by atoms with Crippen molar-refractivity contribution in [2.24, 2.45) is 0 Å². The van der Waals surface area contributed by atoms with Crippen LogP contribution in [0.5, 0.6) is 0 Å². The van der Waals surface area contributed by atoms with E-state index in [1.54, 1.807) is 21.6 Å². The molecule has 4 rings (SSSR count). The van der Waals surface area contributed by atoms with Crippen molar-refractivity contribution in [1.82, 2.24) is 19.8 Å². The Morgan fingerprint density at radius 2 is 2.04 bits per heavy atom. The number of nitrogens with one attached hydrogen (secondary N) is 1. The molecule has 0 bridgehead atoms. The molecule has 2 aliphatic rings. The molecule has 26 heavy (non-hydrogen) atoms. The highest BCUT2D eigenvalue weighted by molar-refractivity contribution is 7.10. The third kappa shape index (κ3) is 3.53. The number of rotatable bonds is 6. The standard InChI is InChI=1S/C18H22N4O2S2/c1-11-8-9-25-16(11)15(17(23)19-12-4-2-3-5-12)22(13-6-7-13)18(24)14-10-26-21-20-14/h8-10,12-13,15H,2-7H2,1H3,(H,19,23)/t15-/m1/s1. The highest BCUT2D eigenvalue weighted by atomic mass is 32.1. The summed E-state index contributed by atoms with van der Waals surface area (Å²) in [6.07, 6.45) is 6.22. The molecule has 1 atom stereocenters. The van der Waals surface area contributed by atoms with Gasteiger partial charge >= 0.3 is 0 Å². The van der Waals surface area contributed by atoms with Crippen LogP contribution in [0, 0.1) is 6.92 Å². The van der Waals surface area contributed by atoms with Gasteiger partial charge in [0.2, 0.25) is 5.91 Å². The maximum atomic E-state index is 13.3. The van der Waals surface area contributed by atoms with Crippen molar-refractivity contribution in [2.75, 3.05) is 0 Å². The number of nitrogens with zero attached hydrogens (tertiary/aromatic N) is 3. The van der Waals surface area contributed by atoms with Gasteiger partial charge in [0.05, 0.1) is 0 Å². The van der Waals surface area contributed by atoms with E-state index in [2.05, 4.69) is 14.9 Å². The highest BCUT2D eigenvalue weighted by Gasteiger charge is 2.43. The van der Waals surface area contributed by atoms with Crippen molar-refractivity contribution in [2.45, 2.75) is 63.6 Å². The van der Waals surface area contributed by atoms with E-state index in [4.69, 9.17) is 0 Å². The summed E-state index contributed by atoms with van der Waals surface area (Å²) in [6, 6.07) is 1.75. The maximum absolute atomic E-state index is 13.3. The molecule has 0 spiro atoms. The Labute approximate surface area is 160 Å². The van der Waals surface area contributed by atoms with Crippen molar-refractivity contribution >= 4 is 34.7 Å². The van der Waals surface area contributed by atoms with Gasteiger partial charge < -0.3 is 10.2 Å². The topological polar surface area (TPSA) is 75.2 Å². The van der Waals surface area contributed by atoms with Gasteiger partial charge in [-0.25, -0.2) is 0 Å². The van der Waals surface area contributed by atoms with Crippen LogP contribution < -0.4 is 5.32 Å². The van der Waals surface area contributed by atoms with Crippen molar-refractivity contribution < 1.29 is 9.59 Å². The Kier molecular flexibility index (Phi) is 5.04. The van der Waals surface area contributed by atoms with E-state index < -0.39 is 6.04 Å². The van der Waals surface area contributed by atoms with E-state index in [-0.39, 0.29) is 23.9 Å². The van der Waals surface area contributed by atoms with Gasteiger partial charge in [-0.15, -0.1) is 16.4 Å². The van der Waals surface area contributed by atoms with E-state index >= 15 is 0 Å². The molecule has 0 unspecified atom stereocenters. The third-order valence-electron chi connectivity index (χ3n) is 5.13. The molecule has 2 aromatic rings. The molecule has 8 heteroatoms. The lowest BCUT2D eigenvalue weighted by atomic mass is 10.1. The van der Waals surface area contributed by atoms with E-state index in [0.717, 1.165) is 60.5 Å². The van der Waals surface area contributed by atoms with Crippen LogP contribution in [0.15, 0.2) is 16.8 Å². The van der Waals surface area contributed by atoms with Gasteiger partial charge in [0.1, 0.15) is 6.04 Å². The molecular weight excluding hydrogens is 368 g/mol. The Bertz CT molecular complexity index is 779. The molecule has 2 aliphatic carbocycles. The fraction of sp³-hybridized carbons (Fsp3) is 0.556. The van der Waals surface area contributed by atoms with Crippen LogP contribution >= 0.6 is 22.9 Å². The lowest BCUT2D eigenvalue weighted by Crippen LogP contribution is -2.47. The Hall–Kier alpha value is -1.80. The van der Waals surface area contributed by atoms with Crippen molar-refractivity contribution in [3.8, 4) is 0 Å². The van der Waals surface area contributed by atoms with Crippen LogP contribution in [-0.4, -0.2) is 38.4 Å². The van der Waals surface area contributed by atoms with Crippen molar-refractivity contribution in [1.29, 1.82) is 0 Å². The highest BCUT2D eigenvalue weighted by Crippen LogP contribution is 2.39. The predicted molar refractivity (Wildman–Crippen MR) is 101 cm³/mol. The second-order valence-corrected chi connectivity index (χ2v) is 8.65. The first kappa shape index (κ1) is 17.6. The van der Waals surface area contributed by atoms with Crippen LogP contribution in [0.1, 0.15) is 65.5 Å². The first-order valence-corrected chi connectivity index (χ1v) is 10.8. The van der Waals surface area contributed by atoms with Gasteiger partial charge in [0.15, 0.2) is 5.69 Å². The predicted octanol–water partition coefficient (Wildman–Crippen LogP) is 3.31. The van der Waals surface area contributed by atoms with E-state index in [1.807, 2.05) is 18.4 Å². The second kappa shape index (κ2) is 7.44. The molecule has 2 heterocycles. The van der Waals surface area contributed by atoms with Gasteiger partial charge in [-0.3, -0.25) is 9.59 Å². The Morgan fingerprint density at radius 3 is 2.62 bits per heavy atom. The molecule has 0 radical (unpaired) electrons. The largest absolute Gasteiger partial charge is 0.351 e. The molecule has 2 saturated carbocycles. The zero-order chi connectivity index (χ0) is 18.1. The average Bonchev–Trinajstić information content (AvgIpc) is 3.05. The summed E-state index contributed by atoms with van der Waals surface area (Å²) < 4.78 is 3.82. The zero-order valence-corrected chi connectivity index (χ0v) is 16.3.